The maximum atomic E-state index is 11.7. The molecule has 5 heteroatoms. The number of rotatable bonds is 0. The van der Waals surface area contributed by atoms with Crippen molar-refractivity contribution in [1.29, 1.82) is 0 Å². The third kappa shape index (κ3) is 1.12. The molecule has 0 aromatic carbocycles. The van der Waals surface area contributed by atoms with Crippen molar-refractivity contribution < 1.29 is 4.79 Å². The number of hydrazone groups is 1. The Hall–Kier alpha value is -1.10. The van der Waals surface area contributed by atoms with Crippen molar-refractivity contribution in [2.75, 3.05) is 7.05 Å². The van der Waals surface area contributed by atoms with E-state index in [0.717, 1.165) is 12.1 Å². The molecule has 0 bridgehead atoms. The largest absolute Gasteiger partial charge is 0.285 e. The standard InChI is InChI=1S/C9H16N4O/c1-6-5-7-8(14)11-12(4)9(2,3)13(7)10-6/h7H,5H2,1-4H3,(H,11,14). The molecule has 78 valence electrons. The number of hydrazine groups is 1. The summed E-state index contributed by atoms with van der Waals surface area (Å²) < 4.78 is 0. The lowest BCUT2D eigenvalue weighted by Crippen LogP contribution is -2.69. The zero-order valence-corrected chi connectivity index (χ0v) is 9.03. The monoisotopic (exact) mass is 196 g/mol. The van der Waals surface area contributed by atoms with Gasteiger partial charge in [-0.15, -0.1) is 0 Å². The third-order valence-corrected chi connectivity index (χ3v) is 3.02. The zero-order valence-electron chi connectivity index (χ0n) is 9.03. The van der Waals surface area contributed by atoms with Gasteiger partial charge in [0.1, 0.15) is 11.7 Å². The Kier molecular flexibility index (Phi) is 1.82. The number of nitrogens with zero attached hydrogens (tertiary/aromatic N) is 3. The van der Waals surface area contributed by atoms with Crippen LogP contribution in [0.5, 0.6) is 0 Å². The summed E-state index contributed by atoms with van der Waals surface area (Å²) in [7, 11) is 1.86. The van der Waals surface area contributed by atoms with E-state index in [9.17, 15) is 4.79 Å². The SMILES string of the molecule is CC1=NN2C(C1)C(=O)NN(C)C2(C)C. The first-order valence-corrected chi connectivity index (χ1v) is 4.80. The molecule has 14 heavy (non-hydrogen) atoms. The van der Waals surface area contributed by atoms with Gasteiger partial charge < -0.3 is 0 Å². The van der Waals surface area contributed by atoms with E-state index in [4.69, 9.17) is 0 Å². The van der Waals surface area contributed by atoms with Crippen LogP contribution in [-0.2, 0) is 4.79 Å². The normalized spacial score (nSPS) is 31.1. The first-order chi connectivity index (χ1) is 6.43. The molecule has 2 aliphatic heterocycles. The van der Waals surface area contributed by atoms with E-state index in [1.54, 1.807) is 5.01 Å². The predicted octanol–water partition coefficient (Wildman–Crippen LogP) is 0.149. The van der Waals surface area contributed by atoms with Gasteiger partial charge >= 0.3 is 0 Å². The minimum atomic E-state index is -0.254. The Labute approximate surface area is 83.7 Å². The number of carbonyl (C=O) groups is 1. The van der Waals surface area contributed by atoms with Crippen LogP contribution in [-0.4, -0.2) is 40.4 Å². The highest BCUT2D eigenvalue weighted by Crippen LogP contribution is 2.30. The van der Waals surface area contributed by atoms with Gasteiger partial charge in [0.15, 0.2) is 0 Å². The van der Waals surface area contributed by atoms with Gasteiger partial charge in [0, 0.05) is 19.2 Å². The lowest BCUT2D eigenvalue weighted by atomic mass is 10.1. The fourth-order valence-electron chi connectivity index (χ4n) is 1.90. The van der Waals surface area contributed by atoms with E-state index in [-0.39, 0.29) is 17.6 Å². The van der Waals surface area contributed by atoms with Gasteiger partial charge in [0.05, 0.1) is 0 Å². The Morgan fingerprint density at radius 3 is 2.86 bits per heavy atom. The predicted molar refractivity (Wildman–Crippen MR) is 53.3 cm³/mol. The molecule has 5 nitrogen and oxygen atoms in total. The smallest absolute Gasteiger partial charge is 0.259 e. The molecule has 0 aromatic heterocycles. The molecule has 1 unspecified atom stereocenters. The molecule has 1 N–H and O–H groups in total. The van der Waals surface area contributed by atoms with Crippen LogP contribution >= 0.6 is 0 Å². The summed E-state index contributed by atoms with van der Waals surface area (Å²) in [6.07, 6.45) is 0.739. The van der Waals surface area contributed by atoms with Gasteiger partial charge in [-0.3, -0.25) is 15.2 Å². The summed E-state index contributed by atoms with van der Waals surface area (Å²) >= 11 is 0. The molecule has 0 saturated carbocycles. The van der Waals surface area contributed by atoms with Crippen LogP contribution in [0.2, 0.25) is 0 Å². The van der Waals surface area contributed by atoms with Crippen LogP contribution in [0, 0.1) is 0 Å². The molecule has 1 fully saturated rings. The Balaban J connectivity index is 2.35. The highest BCUT2D eigenvalue weighted by molar-refractivity contribution is 5.93. The topological polar surface area (TPSA) is 47.9 Å². The van der Waals surface area contributed by atoms with Gasteiger partial charge in [-0.05, 0) is 20.8 Å². The minimum absolute atomic E-state index is 0.0347. The van der Waals surface area contributed by atoms with Gasteiger partial charge in [0.2, 0.25) is 0 Å². The number of nitrogens with one attached hydrogen (secondary N) is 1. The van der Waals surface area contributed by atoms with E-state index in [0.29, 0.717) is 0 Å². The van der Waals surface area contributed by atoms with Crippen LogP contribution in [0.3, 0.4) is 0 Å². The second-order valence-corrected chi connectivity index (χ2v) is 4.43. The molecule has 2 rings (SSSR count). The zero-order chi connectivity index (χ0) is 10.5. The lowest BCUT2D eigenvalue weighted by Gasteiger charge is -2.48. The first-order valence-electron chi connectivity index (χ1n) is 4.80. The maximum absolute atomic E-state index is 11.7. The van der Waals surface area contributed by atoms with Crippen LogP contribution in [0.4, 0.5) is 0 Å². The summed E-state index contributed by atoms with van der Waals surface area (Å²) in [5.41, 5.74) is 3.61. The fourth-order valence-corrected chi connectivity index (χ4v) is 1.90. The highest BCUT2D eigenvalue weighted by atomic mass is 16.2. The van der Waals surface area contributed by atoms with Crippen molar-refractivity contribution in [3.05, 3.63) is 0 Å². The molecule has 2 aliphatic rings. The minimum Gasteiger partial charge on any atom is -0.285 e. The summed E-state index contributed by atoms with van der Waals surface area (Å²) in [5, 5.41) is 8.10. The molecule has 1 atom stereocenters. The Morgan fingerprint density at radius 2 is 2.21 bits per heavy atom. The Morgan fingerprint density at radius 1 is 1.57 bits per heavy atom. The Bertz CT molecular complexity index is 310. The van der Waals surface area contributed by atoms with Crippen molar-refractivity contribution in [3.8, 4) is 0 Å². The molecule has 2 heterocycles. The number of amides is 1. The molecule has 0 aromatic rings. The van der Waals surface area contributed by atoms with Crippen LogP contribution < -0.4 is 5.43 Å². The maximum Gasteiger partial charge on any atom is 0.259 e. The lowest BCUT2D eigenvalue weighted by molar-refractivity contribution is -0.159. The summed E-state index contributed by atoms with van der Waals surface area (Å²) in [6.45, 7) is 6.05. The number of hydrogen-bond acceptors (Lipinski definition) is 4. The van der Waals surface area contributed by atoms with Crippen molar-refractivity contribution in [1.82, 2.24) is 15.4 Å². The van der Waals surface area contributed by atoms with Crippen molar-refractivity contribution in [3.63, 3.8) is 0 Å². The molecule has 0 aliphatic carbocycles. The second-order valence-electron chi connectivity index (χ2n) is 4.43. The average molecular weight is 196 g/mol. The number of fused-ring (bicyclic) bond motifs is 1. The van der Waals surface area contributed by atoms with Gasteiger partial charge in [-0.25, -0.2) is 0 Å². The van der Waals surface area contributed by atoms with Gasteiger partial charge in [-0.1, -0.05) is 0 Å². The van der Waals surface area contributed by atoms with E-state index in [1.165, 1.54) is 0 Å². The quantitative estimate of drug-likeness (QED) is 0.600. The average Bonchev–Trinajstić information content (AvgIpc) is 2.45. The van der Waals surface area contributed by atoms with Crippen LogP contribution in [0.25, 0.3) is 0 Å². The number of hydrogen-bond donors (Lipinski definition) is 1. The molecule has 1 amide bonds. The van der Waals surface area contributed by atoms with Crippen molar-refractivity contribution >= 4 is 11.6 Å². The molecule has 0 spiro atoms. The highest BCUT2D eigenvalue weighted by Gasteiger charge is 2.46. The summed E-state index contributed by atoms with van der Waals surface area (Å²) in [5.74, 6) is 0.0347. The molecule has 1 saturated heterocycles. The summed E-state index contributed by atoms with van der Waals surface area (Å²) in [4.78, 5) is 11.7. The first kappa shape index (κ1) is 9.45. The fraction of sp³-hybridized carbons (Fsp3) is 0.778. The second kappa shape index (κ2) is 2.70. The van der Waals surface area contributed by atoms with E-state index < -0.39 is 0 Å². The van der Waals surface area contributed by atoms with Crippen molar-refractivity contribution in [2.24, 2.45) is 5.10 Å². The third-order valence-electron chi connectivity index (χ3n) is 3.02. The van der Waals surface area contributed by atoms with Crippen LogP contribution in [0.15, 0.2) is 5.10 Å². The van der Waals surface area contributed by atoms with E-state index in [2.05, 4.69) is 10.5 Å². The summed E-state index contributed by atoms with van der Waals surface area (Å²) in [6, 6.07) is -0.124. The van der Waals surface area contributed by atoms with Gasteiger partial charge in [-0.2, -0.15) is 10.1 Å². The van der Waals surface area contributed by atoms with E-state index >= 15 is 0 Å². The number of carbonyl (C=O) groups excluding carboxylic acids is 1. The molecule has 0 radical (unpaired) electrons. The van der Waals surface area contributed by atoms with Crippen LogP contribution in [0.1, 0.15) is 27.2 Å². The van der Waals surface area contributed by atoms with E-state index in [1.807, 2.05) is 32.8 Å². The van der Waals surface area contributed by atoms with Gasteiger partial charge in [0.25, 0.3) is 5.91 Å². The van der Waals surface area contributed by atoms with Crippen molar-refractivity contribution in [2.45, 2.75) is 38.9 Å². The molecular formula is C9H16N4O. The molecular weight excluding hydrogens is 180 g/mol.